The average molecular weight is 438 g/mol. The predicted octanol–water partition coefficient (Wildman–Crippen LogP) is 2.24. The molecule has 2 aromatic carbocycles. The molecule has 0 saturated carbocycles. The molecule has 0 fully saturated rings. The number of anilines is 2. The predicted molar refractivity (Wildman–Crippen MR) is 116 cm³/mol. The molecule has 0 spiro atoms. The molecule has 0 atom stereocenters. The number of rotatable bonds is 6. The highest BCUT2D eigenvalue weighted by molar-refractivity contribution is 6.21. The lowest BCUT2D eigenvalue weighted by Gasteiger charge is -2.13. The van der Waals surface area contributed by atoms with Crippen molar-refractivity contribution in [3.8, 4) is 0 Å². The van der Waals surface area contributed by atoms with E-state index in [9.17, 15) is 24.0 Å². The number of imide groups is 1. The molecule has 2 aromatic rings. The molecule has 166 valence electrons. The van der Waals surface area contributed by atoms with Crippen LogP contribution in [0.3, 0.4) is 0 Å². The molecule has 3 rings (SSSR count). The smallest absolute Gasteiger partial charge is 0.340 e. The molecule has 10 heteroatoms. The molecule has 0 unspecified atom stereocenters. The van der Waals surface area contributed by atoms with E-state index in [-0.39, 0.29) is 34.1 Å². The van der Waals surface area contributed by atoms with Crippen LogP contribution >= 0.6 is 0 Å². The van der Waals surface area contributed by atoms with Crippen molar-refractivity contribution in [3.05, 3.63) is 59.2 Å². The summed E-state index contributed by atoms with van der Waals surface area (Å²) in [6.45, 7) is 3.01. The lowest BCUT2D eigenvalue weighted by molar-refractivity contribution is -0.119. The number of nitrogens with zero attached hydrogens (tertiary/aromatic N) is 1. The van der Waals surface area contributed by atoms with Crippen LogP contribution in [0.2, 0.25) is 0 Å². The first-order valence-corrected chi connectivity index (χ1v) is 9.77. The number of benzene rings is 2. The molecule has 1 aliphatic rings. The van der Waals surface area contributed by atoms with E-state index in [0.29, 0.717) is 0 Å². The summed E-state index contributed by atoms with van der Waals surface area (Å²) in [5, 5.41) is 7.74. The van der Waals surface area contributed by atoms with Crippen LogP contribution in [0.5, 0.6) is 0 Å². The van der Waals surface area contributed by atoms with Gasteiger partial charge >= 0.3 is 12.0 Å². The van der Waals surface area contributed by atoms with Crippen molar-refractivity contribution in [2.45, 2.75) is 19.9 Å². The van der Waals surface area contributed by atoms with Crippen LogP contribution in [0.15, 0.2) is 42.5 Å². The monoisotopic (exact) mass is 438 g/mol. The zero-order valence-electron chi connectivity index (χ0n) is 17.7. The molecule has 10 nitrogen and oxygen atoms in total. The van der Waals surface area contributed by atoms with E-state index in [4.69, 9.17) is 4.74 Å². The van der Waals surface area contributed by atoms with Gasteiger partial charge in [0.15, 0.2) is 6.61 Å². The largest absolute Gasteiger partial charge is 0.452 e. The third-order valence-corrected chi connectivity index (χ3v) is 4.52. The standard InChI is InChI=1S/C22H22N4O6/c1-12(2)23-22(31)25-17-7-5-4-6-15(17)21(30)32-11-18(27)24-13-8-9-14-16(10-13)20(29)26(3)19(14)28/h4-10,12H,11H2,1-3H3,(H,24,27)(H2,23,25,31). The highest BCUT2D eigenvalue weighted by Crippen LogP contribution is 2.24. The van der Waals surface area contributed by atoms with Crippen LogP contribution in [-0.2, 0) is 9.53 Å². The minimum atomic E-state index is -0.794. The SMILES string of the molecule is CC(C)NC(=O)Nc1ccccc1C(=O)OCC(=O)Nc1ccc2c(c1)C(=O)N(C)C2=O. The number of nitrogens with one attached hydrogen (secondary N) is 3. The lowest BCUT2D eigenvalue weighted by atomic mass is 10.1. The van der Waals surface area contributed by atoms with Gasteiger partial charge in [-0.15, -0.1) is 0 Å². The Labute approximate surface area is 183 Å². The minimum Gasteiger partial charge on any atom is -0.452 e. The number of fused-ring (bicyclic) bond motifs is 1. The fraction of sp³-hybridized carbons (Fsp3) is 0.227. The maximum atomic E-state index is 12.4. The second-order valence-electron chi connectivity index (χ2n) is 7.35. The Bertz CT molecular complexity index is 1110. The van der Waals surface area contributed by atoms with Crippen LogP contribution in [0.25, 0.3) is 0 Å². The van der Waals surface area contributed by atoms with Gasteiger partial charge in [-0.05, 0) is 44.2 Å². The Morgan fingerprint density at radius 3 is 2.38 bits per heavy atom. The molecule has 5 amide bonds. The van der Waals surface area contributed by atoms with Crippen LogP contribution in [0, 0.1) is 0 Å². The van der Waals surface area contributed by atoms with Gasteiger partial charge in [0.05, 0.1) is 22.4 Å². The molecule has 0 aromatic heterocycles. The van der Waals surface area contributed by atoms with Gasteiger partial charge in [-0.1, -0.05) is 12.1 Å². The molecule has 3 N–H and O–H groups in total. The van der Waals surface area contributed by atoms with Crippen LogP contribution in [0.4, 0.5) is 16.2 Å². The molecule has 0 bridgehead atoms. The highest BCUT2D eigenvalue weighted by atomic mass is 16.5. The van der Waals surface area contributed by atoms with Gasteiger partial charge in [-0.3, -0.25) is 19.3 Å². The van der Waals surface area contributed by atoms with E-state index in [2.05, 4.69) is 16.0 Å². The summed E-state index contributed by atoms with van der Waals surface area (Å²) in [4.78, 5) is 61.6. The summed E-state index contributed by atoms with van der Waals surface area (Å²) >= 11 is 0. The molecule has 0 aliphatic carbocycles. The third kappa shape index (κ3) is 4.91. The number of hydrogen-bond donors (Lipinski definition) is 3. The molecule has 1 heterocycles. The molecule has 0 radical (unpaired) electrons. The van der Waals surface area contributed by atoms with Crippen LogP contribution in [-0.4, -0.2) is 54.3 Å². The first-order valence-electron chi connectivity index (χ1n) is 9.77. The van der Waals surface area contributed by atoms with E-state index in [1.807, 2.05) is 0 Å². The van der Waals surface area contributed by atoms with Crippen molar-refractivity contribution in [3.63, 3.8) is 0 Å². The summed E-state index contributed by atoms with van der Waals surface area (Å²) in [6, 6.07) is 10.00. The Morgan fingerprint density at radius 1 is 0.969 bits per heavy atom. The van der Waals surface area contributed by atoms with Crippen LogP contribution in [0.1, 0.15) is 44.9 Å². The van der Waals surface area contributed by atoms with Gasteiger partial charge in [0, 0.05) is 18.8 Å². The quantitative estimate of drug-likeness (QED) is 0.468. The average Bonchev–Trinajstić information content (AvgIpc) is 2.95. The Kier molecular flexibility index (Phi) is 6.53. The number of esters is 1. The van der Waals surface area contributed by atoms with Crippen LogP contribution < -0.4 is 16.0 Å². The van der Waals surface area contributed by atoms with E-state index in [0.717, 1.165) is 4.90 Å². The van der Waals surface area contributed by atoms with Gasteiger partial charge in [-0.25, -0.2) is 9.59 Å². The second-order valence-corrected chi connectivity index (χ2v) is 7.35. The molecule has 0 saturated heterocycles. The van der Waals surface area contributed by atoms with Gasteiger partial charge in [-0.2, -0.15) is 0 Å². The van der Waals surface area contributed by atoms with E-state index >= 15 is 0 Å². The van der Waals surface area contributed by atoms with Crippen molar-refractivity contribution < 1.29 is 28.7 Å². The van der Waals surface area contributed by atoms with Crippen molar-refractivity contribution in [2.75, 3.05) is 24.3 Å². The summed E-state index contributed by atoms with van der Waals surface area (Å²) in [7, 11) is 1.38. The summed E-state index contributed by atoms with van der Waals surface area (Å²) in [6.07, 6.45) is 0. The van der Waals surface area contributed by atoms with Gasteiger partial charge in [0.25, 0.3) is 17.7 Å². The van der Waals surface area contributed by atoms with Crippen molar-refractivity contribution in [2.24, 2.45) is 0 Å². The van der Waals surface area contributed by atoms with Crippen molar-refractivity contribution in [1.29, 1.82) is 0 Å². The van der Waals surface area contributed by atoms with E-state index in [1.54, 1.807) is 26.0 Å². The topological polar surface area (TPSA) is 134 Å². The number of amides is 5. The van der Waals surface area contributed by atoms with E-state index in [1.165, 1.54) is 37.4 Å². The van der Waals surface area contributed by atoms with Crippen molar-refractivity contribution in [1.82, 2.24) is 10.2 Å². The number of urea groups is 1. The summed E-state index contributed by atoms with van der Waals surface area (Å²) in [5.74, 6) is -2.30. The highest BCUT2D eigenvalue weighted by Gasteiger charge is 2.32. The van der Waals surface area contributed by atoms with Gasteiger partial charge in [0.2, 0.25) is 0 Å². The third-order valence-electron chi connectivity index (χ3n) is 4.52. The molecule has 1 aliphatic heterocycles. The van der Waals surface area contributed by atoms with Gasteiger partial charge in [0.1, 0.15) is 0 Å². The maximum Gasteiger partial charge on any atom is 0.340 e. The summed E-state index contributed by atoms with van der Waals surface area (Å²) < 4.78 is 5.06. The maximum absolute atomic E-state index is 12.4. The van der Waals surface area contributed by atoms with E-state index < -0.39 is 36.3 Å². The second kappa shape index (κ2) is 9.29. The zero-order valence-corrected chi connectivity index (χ0v) is 17.7. The number of hydrogen-bond acceptors (Lipinski definition) is 6. The Hall–Kier alpha value is -4.21. The Balaban J connectivity index is 1.61. The lowest BCUT2D eigenvalue weighted by Crippen LogP contribution is -2.34. The summed E-state index contributed by atoms with van der Waals surface area (Å²) in [5.41, 5.74) is 1.05. The number of carbonyl (C=O) groups is 5. The fourth-order valence-electron chi connectivity index (χ4n) is 3.04. The zero-order chi connectivity index (χ0) is 23.4. The molecular formula is C22H22N4O6. The van der Waals surface area contributed by atoms with Gasteiger partial charge < -0.3 is 20.7 Å². The Morgan fingerprint density at radius 2 is 1.66 bits per heavy atom. The van der Waals surface area contributed by atoms with Crippen molar-refractivity contribution >= 4 is 41.1 Å². The first-order chi connectivity index (χ1) is 15.2. The number of para-hydroxylation sites is 1. The molecule has 32 heavy (non-hydrogen) atoms. The molecular weight excluding hydrogens is 416 g/mol. The number of carbonyl (C=O) groups excluding carboxylic acids is 5. The fourth-order valence-corrected chi connectivity index (χ4v) is 3.04. The normalized spacial score (nSPS) is 12.4. The first kappa shape index (κ1) is 22.5. The minimum absolute atomic E-state index is 0.0869. The number of ether oxygens (including phenoxy) is 1.